The maximum absolute atomic E-state index is 12.6. The highest BCUT2D eigenvalue weighted by Gasteiger charge is 2.43. The minimum absolute atomic E-state index is 0.0862. The molecule has 2 fully saturated rings. The third-order valence-corrected chi connectivity index (χ3v) is 6.46. The highest BCUT2D eigenvalue weighted by Crippen LogP contribution is 2.44. The van der Waals surface area contributed by atoms with Gasteiger partial charge >= 0.3 is 6.18 Å². The number of likely N-dealkylation sites (tertiary alicyclic amines) is 1. The number of carbonyl (C=O) groups is 1. The molecule has 1 saturated heterocycles. The van der Waals surface area contributed by atoms with Gasteiger partial charge in [0.25, 0.3) is 0 Å². The van der Waals surface area contributed by atoms with Gasteiger partial charge in [-0.25, -0.2) is 0 Å². The lowest BCUT2D eigenvalue weighted by atomic mass is 9.96. The zero-order chi connectivity index (χ0) is 20.6. The third-order valence-electron chi connectivity index (χ3n) is 6.46. The minimum Gasteiger partial charge on any atom is -0.359 e. The molecule has 4 rings (SSSR count). The van der Waals surface area contributed by atoms with Gasteiger partial charge in [-0.15, -0.1) is 0 Å². The largest absolute Gasteiger partial charge is 0.401 e. The highest BCUT2D eigenvalue weighted by atomic mass is 19.4. The number of alkyl halides is 3. The number of nitrogens with one attached hydrogen (secondary N) is 2. The zero-order valence-corrected chi connectivity index (χ0v) is 16.7. The van der Waals surface area contributed by atoms with Crippen LogP contribution in [0.5, 0.6) is 0 Å². The van der Waals surface area contributed by atoms with Crippen molar-refractivity contribution in [3.8, 4) is 0 Å². The summed E-state index contributed by atoms with van der Waals surface area (Å²) in [4.78, 5) is 16.1. The van der Waals surface area contributed by atoms with Crippen LogP contribution in [-0.4, -0.2) is 41.6 Å². The Kier molecular flexibility index (Phi) is 5.60. The number of hydrogen-bond donors (Lipinski definition) is 2. The van der Waals surface area contributed by atoms with E-state index < -0.39 is 12.7 Å². The summed E-state index contributed by atoms with van der Waals surface area (Å²) in [7, 11) is 0. The fraction of sp³-hybridized carbons (Fsp3) is 0.591. The number of H-pyrrole nitrogens is 1. The second kappa shape index (κ2) is 8.01. The van der Waals surface area contributed by atoms with E-state index in [1.807, 2.05) is 12.3 Å². The van der Waals surface area contributed by atoms with Crippen molar-refractivity contribution in [1.29, 1.82) is 0 Å². The maximum Gasteiger partial charge on any atom is 0.401 e. The van der Waals surface area contributed by atoms with Gasteiger partial charge in [0.2, 0.25) is 5.91 Å². The number of hydrogen-bond acceptors (Lipinski definition) is 2. The van der Waals surface area contributed by atoms with E-state index >= 15 is 0 Å². The first-order valence-electron chi connectivity index (χ1n) is 10.4. The van der Waals surface area contributed by atoms with Crippen molar-refractivity contribution in [1.82, 2.24) is 9.88 Å². The molecule has 29 heavy (non-hydrogen) atoms. The molecular weight excluding hydrogens is 379 g/mol. The molecule has 3 atom stereocenters. The number of benzene rings is 1. The van der Waals surface area contributed by atoms with E-state index in [9.17, 15) is 18.0 Å². The van der Waals surface area contributed by atoms with Crippen LogP contribution in [0.1, 0.15) is 38.2 Å². The number of halogens is 3. The number of aromatic amines is 1. The first-order chi connectivity index (χ1) is 13.8. The van der Waals surface area contributed by atoms with Crippen LogP contribution in [0, 0.1) is 17.8 Å². The SMILES string of the molecule is CC(=O)Nc1c[nH]c2ccc(CCCC3C[C@@H]4CN(CC(F)(F)F)C[C@@H]4C3)cc12. The molecule has 4 nitrogen and oxygen atoms in total. The Balaban J connectivity index is 1.26. The van der Waals surface area contributed by atoms with Gasteiger partial charge in [-0.05, 0) is 61.1 Å². The van der Waals surface area contributed by atoms with E-state index in [1.165, 1.54) is 12.5 Å². The molecular formula is C22H28F3N3O. The predicted molar refractivity (Wildman–Crippen MR) is 108 cm³/mol. The molecule has 1 aliphatic heterocycles. The van der Waals surface area contributed by atoms with Crippen LogP contribution in [0.25, 0.3) is 10.9 Å². The molecule has 1 aromatic heterocycles. The molecule has 1 saturated carbocycles. The number of rotatable bonds is 6. The van der Waals surface area contributed by atoms with Gasteiger partial charge in [-0.3, -0.25) is 9.69 Å². The summed E-state index contributed by atoms with van der Waals surface area (Å²) in [6.45, 7) is 1.96. The number of aryl methyl sites for hydroxylation is 1. The van der Waals surface area contributed by atoms with Crippen molar-refractivity contribution >= 4 is 22.5 Å². The van der Waals surface area contributed by atoms with Crippen molar-refractivity contribution in [2.75, 3.05) is 25.0 Å². The Hall–Kier alpha value is -2.02. The van der Waals surface area contributed by atoms with Crippen molar-refractivity contribution in [2.24, 2.45) is 17.8 Å². The summed E-state index contributed by atoms with van der Waals surface area (Å²) in [5.41, 5.74) is 3.06. The first-order valence-corrected chi connectivity index (χ1v) is 10.4. The molecule has 1 amide bonds. The summed E-state index contributed by atoms with van der Waals surface area (Å²) < 4.78 is 37.8. The Labute approximate surface area is 168 Å². The Bertz CT molecular complexity index is 862. The molecule has 0 spiro atoms. The number of amides is 1. The van der Waals surface area contributed by atoms with E-state index in [2.05, 4.69) is 22.4 Å². The molecule has 1 unspecified atom stereocenters. The van der Waals surface area contributed by atoms with E-state index in [1.54, 1.807) is 4.90 Å². The second-order valence-corrected chi connectivity index (χ2v) is 8.82. The fourth-order valence-corrected chi connectivity index (χ4v) is 5.35. The number of anilines is 1. The van der Waals surface area contributed by atoms with E-state index in [0.717, 1.165) is 48.7 Å². The third kappa shape index (κ3) is 4.94. The van der Waals surface area contributed by atoms with Gasteiger partial charge in [0.1, 0.15) is 0 Å². The van der Waals surface area contributed by atoms with E-state index in [-0.39, 0.29) is 5.91 Å². The van der Waals surface area contributed by atoms with Crippen LogP contribution < -0.4 is 5.32 Å². The number of carbonyl (C=O) groups excluding carboxylic acids is 1. The summed E-state index contributed by atoms with van der Waals surface area (Å²) in [5.74, 6) is 1.44. The Morgan fingerprint density at radius 3 is 2.62 bits per heavy atom. The molecule has 7 heteroatoms. The van der Waals surface area contributed by atoms with Gasteiger partial charge in [-0.2, -0.15) is 13.2 Å². The van der Waals surface area contributed by atoms with Gasteiger partial charge in [0.05, 0.1) is 12.2 Å². The zero-order valence-electron chi connectivity index (χ0n) is 16.7. The molecule has 1 aliphatic carbocycles. The lowest BCUT2D eigenvalue weighted by Crippen LogP contribution is -2.33. The average Bonchev–Trinajstić information content (AvgIpc) is 3.26. The topological polar surface area (TPSA) is 48.1 Å². The molecule has 2 aliphatic rings. The maximum atomic E-state index is 12.6. The van der Waals surface area contributed by atoms with Gasteiger partial charge in [0.15, 0.2) is 0 Å². The smallest absolute Gasteiger partial charge is 0.359 e. The van der Waals surface area contributed by atoms with E-state index in [4.69, 9.17) is 0 Å². The van der Waals surface area contributed by atoms with Crippen LogP contribution in [0.4, 0.5) is 18.9 Å². The van der Waals surface area contributed by atoms with Crippen molar-refractivity contribution in [3.05, 3.63) is 30.0 Å². The average molecular weight is 407 g/mol. The molecule has 158 valence electrons. The minimum atomic E-state index is -4.08. The van der Waals surface area contributed by atoms with Gasteiger partial charge in [-0.1, -0.05) is 12.5 Å². The molecule has 0 radical (unpaired) electrons. The standard InChI is InChI=1S/C22H28F3N3O/c1-14(29)27-21-10-26-20-6-5-15(9-19(20)21)3-2-4-16-7-17-11-28(12-18(17)8-16)13-22(23,24)25/h5-6,9-10,16-18,26H,2-4,7-8,11-13H2,1H3,(H,27,29)/t16?,17-,18+. The predicted octanol–water partition coefficient (Wildman–Crippen LogP) is 4.97. The van der Waals surface area contributed by atoms with Crippen molar-refractivity contribution < 1.29 is 18.0 Å². The lowest BCUT2D eigenvalue weighted by Gasteiger charge is -2.20. The lowest BCUT2D eigenvalue weighted by molar-refractivity contribution is -0.144. The van der Waals surface area contributed by atoms with Crippen LogP contribution in [-0.2, 0) is 11.2 Å². The molecule has 0 bridgehead atoms. The monoisotopic (exact) mass is 407 g/mol. The number of aromatic nitrogens is 1. The van der Waals surface area contributed by atoms with Crippen LogP contribution in [0.15, 0.2) is 24.4 Å². The van der Waals surface area contributed by atoms with E-state index in [0.29, 0.717) is 30.8 Å². The highest BCUT2D eigenvalue weighted by molar-refractivity contribution is 6.01. The van der Waals surface area contributed by atoms with Crippen molar-refractivity contribution in [3.63, 3.8) is 0 Å². The Morgan fingerprint density at radius 1 is 1.24 bits per heavy atom. The quantitative estimate of drug-likeness (QED) is 0.710. The number of nitrogens with zero attached hydrogens (tertiary/aromatic N) is 1. The molecule has 1 aromatic carbocycles. The summed E-state index contributed by atoms with van der Waals surface area (Å²) in [5, 5.41) is 3.88. The fourth-order valence-electron chi connectivity index (χ4n) is 5.35. The van der Waals surface area contributed by atoms with Gasteiger partial charge in [0, 0.05) is 37.1 Å². The molecule has 2 N–H and O–H groups in total. The van der Waals surface area contributed by atoms with Crippen LogP contribution in [0.3, 0.4) is 0 Å². The summed E-state index contributed by atoms with van der Waals surface area (Å²) in [6, 6.07) is 6.30. The summed E-state index contributed by atoms with van der Waals surface area (Å²) >= 11 is 0. The number of fused-ring (bicyclic) bond motifs is 2. The molecule has 2 aromatic rings. The van der Waals surface area contributed by atoms with Gasteiger partial charge < -0.3 is 10.3 Å². The van der Waals surface area contributed by atoms with Crippen LogP contribution in [0.2, 0.25) is 0 Å². The first kappa shape index (κ1) is 20.3. The van der Waals surface area contributed by atoms with Crippen LogP contribution >= 0.6 is 0 Å². The summed E-state index contributed by atoms with van der Waals surface area (Å²) in [6.07, 6.45) is 3.07. The molecule has 2 heterocycles. The Morgan fingerprint density at radius 2 is 1.97 bits per heavy atom. The second-order valence-electron chi connectivity index (χ2n) is 8.82. The van der Waals surface area contributed by atoms with Crippen molar-refractivity contribution in [2.45, 2.75) is 45.2 Å². The normalized spacial score (nSPS) is 24.9.